The van der Waals surface area contributed by atoms with Crippen LogP contribution in [0.25, 0.3) is 21.9 Å². The lowest BCUT2D eigenvalue weighted by molar-refractivity contribution is -0.192. The molecule has 1 amide bonds. The number of para-hydroxylation sites is 1. The molecule has 0 bridgehead atoms. The second-order valence-corrected chi connectivity index (χ2v) is 8.13. The van der Waals surface area contributed by atoms with Crippen LogP contribution in [0.4, 0.5) is 22.0 Å². The average Bonchev–Trinajstić information content (AvgIpc) is 3.29. The molecule has 194 valence electrons. The number of fused-ring (bicyclic) bond motifs is 2. The van der Waals surface area contributed by atoms with Gasteiger partial charge in [-0.1, -0.05) is 18.2 Å². The van der Waals surface area contributed by atoms with Crippen LogP contribution in [-0.4, -0.2) is 68.1 Å². The molecule has 1 atom stereocenters. The summed E-state index contributed by atoms with van der Waals surface area (Å²) in [5.74, 6) is -6.06. The minimum atomic E-state index is -5.08. The minimum absolute atomic E-state index is 0.0559. The van der Waals surface area contributed by atoms with Gasteiger partial charge in [0.15, 0.2) is 6.10 Å². The van der Waals surface area contributed by atoms with Crippen LogP contribution in [0, 0.1) is 0 Å². The summed E-state index contributed by atoms with van der Waals surface area (Å²) < 4.78 is 66.4. The fourth-order valence-electron chi connectivity index (χ4n) is 3.68. The highest BCUT2D eigenvalue weighted by atomic mass is 19.4. The summed E-state index contributed by atoms with van der Waals surface area (Å²) in [7, 11) is 0. The minimum Gasteiger partial charge on any atom is -0.475 e. The summed E-state index contributed by atoms with van der Waals surface area (Å²) in [4.78, 5) is 34.7. The van der Waals surface area contributed by atoms with E-state index in [1.807, 2.05) is 18.2 Å². The molecule has 0 saturated carbocycles. The number of H-pyrrole nitrogens is 1. The first kappa shape index (κ1) is 25.8. The topological polar surface area (TPSA) is 108 Å². The molecule has 1 aromatic carbocycles. The number of carboxylic acids is 1. The molecule has 3 aromatic heterocycles. The molecule has 0 aliphatic carbocycles. The van der Waals surface area contributed by atoms with Gasteiger partial charge in [0.05, 0.1) is 23.1 Å². The number of rotatable bonds is 3. The Hall–Kier alpha value is -4.29. The highest BCUT2D eigenvalue weighted by molar-refractivity contribution is 5.97. The van der Waals surface area contributed by atoms with Crippen LogP contribution >= 0.6 is 0 Å². The van der Waals surface area contributed by atoms with Crippen LogP contribution in [0.1, 0.15) is 16.9 Å². The molecular weight excluding hydrogens is 503 g/mol. The molecule has 0 unspecified atom stereocenters. The lowest BCUT2D eigenvalue weighted by Crippen LogP contribution is -2.55. The third-order valence-corrected chi connectivity index (χ3v) is 5.56. The van der Waals surface area contributed by atoms with Gasteiger partial charge in [-0.2, -0.15) is 13.2 Å². The number of nitrogens with zero attached hydrogens (tertiary/aromatic N) is 3. The number of benzene rings is 1. The van der Waals surface area contributed by atoms with E-state index in [4.69, 9.17) is 14.6 Å². The number of alkyl halides is 5. The number of likely N-dealkylation sites (tertiary alicyclic amines) is 1. The van der Waals surface area contributed by atoms with Crippen molar-refractivity contribution in [3.8, 4) is 5.88 Å². The third kappa shape index (κ3) is 5.93. The van der Waals surface area contributed by atoms with Gasteiger partial charge < -0.3 is 19.7 Å². The maximum absolute atomic E-state index is 14.6. The van der Waals surface area contributed by atoms with Crippen molar-refractivity contribution >= 4 is 33.8 Å². The number of halogens is 5. The Morgan fingerprint density at radius 1 is 1.08 bits per heavy atom. The number of carbonyl (C=O) groups is 2. The first-order valence-electron chi connectivity index (χ1n) is 10.9. The SMILES string of the molecule is O=C(O)C(F)(F)F.O=C(c1cc2ncccc2[nH]1)N1CCC(F)(F)[C@@H](Oc2ccc3ccccc3n2)C1. The standard InChI is InChI=1S/C22H18F2N4O2.C2HF3O2/c23-22(24)9-11-28(21(29)18-12-17-16(26-18)6-3-10-25-17)13-19(22)30-20-8-7-14-4-1-2-5-15(14)27-20;3-2(4,5)1(6)7/h1-8,10,12,19,26H,9,11,13H2;(H,6,7)/t19-;/m0./s1. The van der Waals surface area contributed by atoms with Gasteiger partial charge in [-0.25, -0.2) is 18.6 Å². The lowest BCUT2D eigenvalue weighted by atomic mass is 10.0. The Labute approximate surface area is 205 Å². The largest absolute Gasteiger partial charge is 0.490 e. The number of carboxylic acid groups (broad SMARTS) is 1. The second kappa shape index (κ2) is 9.99. The van der Waals surface area contributed by atoms with Crippen molar-refractivity contribution in [1.29, 1.82) is 0 Å². The summed E-state index contributed by atoms with van der Waals surface area (Å²) in [5, 5.41) is 8.02. The van der Waals surface area contributed by atoms with Crippen LogP contribution in [0.3, 0.4) is 0 Å². The van der Waals surface area contributed by atoms with E-state index in [2.05, 4.69) is 15.0 Å². The van der Waals surface area contributed by atoms with Crippen LogP contribution in [0.2, 0.25) is 0 Å². The highest BCUT2D eigenvalue weighted by Gasteiger charge is 2.47. The van der Waals surface area contributed by atoms with Gasteiger partial charge in [0, 0.05) is 30.6 Å². The lowest BCUT2D eigenvalue weighted by Gasteiger charge is -2.37. The molecule has 4 aromatic rings. The smallest absolute Gasteiger partial charge is 0.475 e. The monoisotopic (exact) mass is 522 g/mol. The van der Waals surface area contributed by atoms with Crippen LogP contribution < -0.4 is 4.74 Å². The molecule has 1 fully saturated rings. The van der Waals surface area contributed by atoms with Crippen molar-refractivity contribution in [2.24, 2.45) is 0 Å². The summed E-state index contributed by atoms with van der Waals surface area (Å²) in [6, 6.07) is 15.9. The molecule has 0 spiro atoms. The van der Waals surface area contributed by atoms with Gasteiger partial charge in [0.25, 0.3) is 11.8 Å². The van der Waals surface area contributed by atoms with E-state index in [0.717, 1.165) is 10.9 Å². The van der Waals surface area contributed by atoms with Crippen LogP contribution in [-0.2, 0) is 4.79 Å². The van der Waals surface area contributed by atoms with Crippen LogP contribution in [0.5, 0.6) is 5.88 Å². The van der Waals surface area contributed by atoms with Crippen molar-refractivity contribution < 1.29 is 41.4 Å². The quantitative estimate of drug-likeness (QED) is 0.379. The normalized spacial score (nSPS) is 17.2. The predicted octanol–water partition coefficient (Wildman–Crippen LogP) is 4.67. The van der Waals surface area contributed by atoms with Crippen molar-refractivity contribution in [1.82, 2.24) is 19.9 Å². The maximum Gasteiger partial charge on any atom is 0.490 e. The molecular formula is C24H19F5N4O4. The summed E-state index contributed by atoms with van der Waals surface area (Å²) in [6.45, 7) is -0.289. The molecule has 37 heavy (non-hydrogen) atoms. The number of hydrogen-bond acceptors (Lipinski definition) is 5. The average molecular weight is 522 g/mol. The number of carbonyl (C=O) groups excluding carboxylic acids is 1. The molecule has 4 heterocycles. The van der Waals surface area contributed by atoms with Gasteiger partial charge in [-0.3, -0.25) is 9.78 Å². The van der Waals surface area contributed by atoms with Gasteiger partial charge in [-0.15, -0.1) is 0 Å². The summed E-state index contributed by atoms with van der Waals surface area (Å²) in [5.41, 5.74) is 2.34. The second-order valence-electron chi connectivity index (χ2n) is 8.13. The van der Waals surface area contributed by atoms with Crippen LogP contribution in [0.15, 0.2) is 60.8 Å². The zero-order valence-corrected chi connectivity index (χ0v) is 18.9. The van der Waals surface area contributed by atoms with E-state index in [1.54, 1.807) is 42.6 Å². The molecule has 2 N–H and O–H groups in total. The van der Waals surface area contributed by atoms with E-state index in [9.17, 15) is 26.7 Å². The van der Waals surface area contributed by atoms with Crippen molar-refractivity contribution in [2.75, 3.05) is 13.1 Å². The number of aromatic amines is 1. The molecule has 1 saturated heterocycles. The van der Waals surface area contributed by atoms with E-state index in [-0.39, 0.29) is 24.9 Å². The van der Waals surface area contributed by atoms with E-state index < -0.39 is 30.6 Å². The number of hydrogen-bond donors (Lipinski definition) is 2. The molecule has 1 aliphatic heterocycles. The van der Waals surface area contributed by atoms with E-state index >= 15 is 0 Å². The van der Waals surface area contributed by atoms with Crippen molar-refractivity contribution in [3.05, 3.63) is 66.5 Å². The number of nitrogens with one attached hydrogen (secondary N) is 1. The first-order valence-corrected chi connectivity index (χ1v) is 10.9. The number of aliphatic carboxylic acids is 1. The molecule has 5 rings (SSSR count). The van der Waals surface area contributed by atoms with Gasteiger partial charge >= 0.3 is 12.1 Å². The number of pyridine rings is 2. The van der Waals surface area contributed by atoms with E-state index in [1.165, 1.54) is 4.90 Å². The Morgan fingerprint density at radius 3 is 2.51 bits per heavy atom. The first-order chi connectivity index (χ1) is 17.4. The Bertz CT molecular complexity index is 1410. The fourth-order valence-corrected chi connectivity index (χ4v) is 3.68. The van der Waals surface area contributed by atoms with Crippen molar-refractivity contribution in [3.63, 3.8) is 0 Å². The fraction of sp³-hybridized carbons (Fsp3) is 0.250. The van der Waals surface area contributed by atoms with Gasteiger partial charge in [-0.05, 0) is 30.3 Å². The van der Waals surface area contributed by atoms with Gasteiger partial charge in [0.1, 0.15) is 5.69 Å². The predicted molar refractivity (Wildman–Crippen MR) is 121 cm³/mol. The Balaban J connectivity index is 0.000000405. The number of amides is 1. The summed E-state index contributed by atoms with van der Waals surface area (Å²) >= 11 is 0. The van der Waals surface area contributed by atoms with Gasteiger partial charge in [0.2, 0.25) is 5.88 Å². The molecule has 0 radical (unpaired) electrons. The number of aromatic nitrogens is 3. The van der Waals surface area contributed by atoms with Crippen molar-refractivity contribution in [2.45, 2.75) is 24.6 Å². The molecule has 8 nitrogen and oxygen atoms in total. The molecule has 1 aliphatic rings. The van der Waals surface area contributed by atoms with E-state index in [0.29, 0.717) is 16.7 Å². The zero-order chi connectivity index (χ0) is 26.8. The molecule has 13 heteroatoms. The number of piperidine rings is 1. The number of ether oxygens (including phenoxy) is 1. The highest BCUT2D eigenvalue weighted by Crippen LogP contribution is 2.32. The summed E-state index contributed by atoms with van der Waals surface area (Å²) in [6.07, 6.45) is -5.41. The maximum atomic E-state index is 14.6. The zero-order valence-electron chi connectivity index (χ0n) is 18.9. The Morgan fingerprint density at radius 2 is 1.81 bits per heavy atom. The Kier molecular flexibility index (Phi) is 6.96. The third-order valence-electron chi connectivity index (χ3n) is 5.56.